The number of hydrogen-bond donors (Lipinski definition) is 2. The van der Waals surface area contributed by atoms with E-state index in [1.54, 1.807) is 48.5 Å². The Morgan fingerprint density at radius 1 is 1.08 bits per heavy atom. The number of rotatable bonds is 5. The van der Waals surface area contributed by atoms with E-state index in [1.165, 1.54) is 18.3 Å². The second-order valence-corrected chi connectivity index (χ2v) is 5.33. The first-order chi connectivity index (χ1) is 12.5. The zero-order valence-electron chi connectivity index (χ0n) is 13.5. The van der Waals surface area contributed by atoms with Crippen LogP contribution in [-0.4, -0.2) is 17.0 Å². The standard InChI is InChI=1S/C18H14N4O4/c19-14-5-1-13(2-6-14)18(23)21-20-11-16-9-10-17(26-16)12-3-7-15(8-4-12)22(24)25/h1-11H,19H2,(H,21,23). The number of nitrogens with one attached hydrogen (secondary N) is 1. The third-order valence-corrected chi connectivity index (χ3v) is 3.52. The average molecular weight is 350 g/mol. The highest BCUT2D eigenvalue weighted by atomic mass is 16.6. The molecule has 0 radical (unpaired) electrons. The lowest BCUT2D eigenvalue weighted by Crippen LogP contribution is -2.17. The Morgan fingerprint density at radius 3 is 2.42 bits per heavy atom. The minimum absolute atomic E-state index is 0.00692. The van der Waals surface area contributed by atoms with Crippen molar-refractivity contribution in [1.29, 1.82) is 0 Å². The smallest absolute Gasteiger partial charge is 0.271 e. The first-order valence-corrected chi connectivity index (χ1v) is 7.56. The molecule has 1 amide bonds. The summed E-state index contributed by atoms with van der Waals surface area (Å²) < 4.78 is 5.59. The number of carbonyl (C=O) groups is 1. The number of amides is 1. The van der Waals surface area contributed by atoms with Crippen LogP contribution in [0.3, 0.4) is 0 Å². The summed E-state index contributed by atoms with van der Waals surface area (Å²) in [5.74, 6) is 0.588. The lowest BCUT2D eigenvalue weighted by Gasteiger charge is -1.99. The minimum Gasteiger partial charge on any atom is -0.455 e. The molecule has 3 rings (SSSR count). The van der Waals surface area contributed by atoms with Gasteiger partial charge in [0.1, 0.15) is 11.5 Å². The van der Waals surface area contributed by atoms with Crippen molar-refractivity contribution in [3.63, 3.8) is 0 Å². The maximum absolute atomic E-state index is 11.9. The van der Waals surface area contributed by atoms with Gasteiger partial charge < -0.3 is 10.2 Å². The van der Waals surface area contributed by atoms with Crippen LogP contribution in [0.2, 0.25) is 0 Å². The number of nitrogen functional groups attached to an aromatic ring is 1. The Morgan fingerprint density at radius 2 is 1.77 bits per heavy atom. The summed E-state index contributed by atoms with van der Waals surface area (Å²) in [5.41, 5.74) is 9.66. The molecular formula is C18H14N4O4. The van der Waals surface area contributed by atoms with Crippen LogP contribution in [0.15, 0.2) is 70.2 Å². The molecule has 0 spiro atoms. The molecule has 0 fully saturated rings. The molecule has 0 unspecified atom stereocenters. The highest BCUT2D eigenvalue weighted by Crippen LogP contribution is 2.23. The van der Waals surface area contributed by atoms with Gasteiger partial charge in [0.25, 0.3) is 11.6 Å². The predicted octanol–water partition coefficient (Wildman–Crippen LogP) is 3.20. The van der Waals surface area contributed by atoms with Crippen LogP contribution in [0.4, 0.5) is 11.4 Å². The SMILES string of the molecule is Nc1ccc(C(=O)NN=Cc2ccc(-c3ccc([N+](=O)[O-])cc3)o2)cc1. The third kappa shape index (κ3) is 3.93. The lowest BCUT2D eigenvalue weighted by atomic mass is 10.1. The second-order valence-electron chi connectivity index (χ2n) is 5.33. The quantitative estimate of drug-likeness (QED) is 0.316. The van der Waals surface area contributed by atoms with Crippen LogP contribution in [0, 0.1) is 10.1 Å². The van der Waals surface area contributed by atoms with E-state index in [-0.39, 0.29) is 11.6 Å². The summed E-state index contributed by atoms with van der Waals surface area (Å²) in [6.07, 6.45) is 1.37. The van der Waals surface area contributed by atoms with Crippen LogP contribution >= 0.6 is 0 Å². The Bertz CT molecular complexity index is 960. The van der Waals surface area contributed by atoms with Crippen molar-refractivity contribution in [2.45, 2.75) is 0 Å². The molecule has 26 heavy (non-hydrogen) atoms. The van der Waals surface area contributed by atoms with Crippen molar-refractivity contribution in [3.8, 4) is 11.3 Å². The number of anilines is 1. The van der Waals surface area contributed by atoms with Gasteiger partial charge in [-0.05, 0) is 48.5 Å². The fraction of sp³-hybridized carbons (Fsp3) is 0. The fourth-order valence-electron chi connectivity index (χ4n) is 2.18. The molecule has 0 aliphatic rings. The van der Waals surface area contributed by atoms with Crippen molar-refractivity contribution in [1.82, 2.24) is 5.43 Å². The highest BCUT2D eigenvalue weighted by Gasteiger charge is 2.08. The molecule has 3 aromatic rings. The maximum atomic E-state index is 11.9. The van der Waals surface area contributed by atoms with Crippen LogP contribution in [-0.2, 0) is 0 Å². The molecule has 0 aliphatic carbocycles. The van der Waals surface area contributed by atoms with Crippen molar-refractivity contribution in [2.75, 3.05) is 5.73 Å². The molecule has 8 nitrogen and oxygen atoms in total. The summed E-state index contributed by atoms with van der Waals surface area (Å²) in [7, 11) is 0. The van der Waals surface area contributed by atoms with E-state index in [1.807, 2.05) is 0 Å². The average Bonchev–Trinajstić information content (AvgIpc) is 3.11. The molecule has 1 aromatic heterocycles. The number of hydrazone groups is 1. The van der Waals surface area contributed by atoms with Crippen molar-refractivity contribution >= 4 is 23.5 Å². The van der Waals surface area contributed by atoms with Crippen LogP contribution < -0.4 is 11.2 Å². The normalized spacial score (nSPS) is 10.8. The van der Waals surface area contributed by atoms with E-state index in [0.29, 0.717) is 28.3 Å². The van der Waals surface area contributed by atoms with Gasteiger partial charge in [-0.1, -0.05) is 0 Å². The first kappa shape index (κ1) is 16.9. The van der Waals surface area contributed by atoms with Gasteiger partial charge in [0.05, 0.1) is 11.1 Å². The number of nitro benzene ring substituents is 1. The predicted molar refractivity (Wildman–Crippen MR) is 96.7 cm³/mol. The Hall–Kier alpha value is -3.94. The van der Waals surface area contributed by atoms with Gasteiger partial charge in [-0.2, -0.15) is 5.10 Å². The molecule has 0 bridgehead atoms. The van der Waals surface area contributed by atoms with Gasteiger partial charge >= 0.3 is 0 Å². The van der Waals surface area contributed by atoms with E-state index in [2.05, 4.69) is 10.5 Å². The van der Waals surface area contributed by atoms with Gasteiger partial charge in [-0.15, -0.1) is 0 Å². The number of nitrogens with zero attached hydrogens (tertiary/aromatic N) is 2. The molecule has 130 valence electrons. The van der Waals surface area contributed by atoms with Gasteiger partial charge in [0.15, 0.2) is 0 Å². The minimum atomic E-state index is -0.465. The first-order valence-electron chi connectivity index (χ1n) is 7.56. The second kappa shape index (κ2) is 7.31. The molecule has 8 heteroatoms. The lowest BCUT2D eigenvalue weighted by molar-refractivity contribution is -0.384. The summed E-state index contributed by atoms with van der Waals surface area (Å²) in [6, 6.07) is 15.8. The summed E-state index contributed by atoms with van der Waals surface area (Å²) in [4.78, 5) is 22.1. The van der Waals surface area contributed by atoms with Gasteiger partial charge in [-0.3, -0.25) is 14.9 Å². The summed E-state index contributed by atoms with van der Waals surface area (Å²) >= 11 is 0. The van der Waals surface area contributed by atoms with E-state index >= 15 is 0 Å². The van der Waals surface area contributed by atoms with E-state index in [4.69, 9.17) is 10.2 Å². The zero-order valence-corrected chi connectivity index (χ0v) is 13.5. The molecule has 0 saturated carbocycles. The molecule has 0 atom stereocenters. The van der Waals surface area contributed by atoms with Crippen LogP contribution in [0.25, 0.3) is 11.3 Å². The Balaban J connectivity index is 1.64. The molecule has 1 heterocycles. The molecule has 2 aromatic carbocycles. The van der Waals surface area contributed by atoms with Crippen LogP contribution in [0.5, 0.6) is 0 Å². The third-order valence-electron chi connectivity index (χ3n) is 3.52. The Labute approximate surface area is 148 Å². The van der Waals surface area contributed by atoms with Crippen molar-refractivity contribution in [2.24, 2.45) is 5.10 Å². The molecule has 0 saturated heterocycles. The fourth-order valence-corrected chi connectivity index (χ4v) is 2.18. The van der Waals surface area contributed by atoms with E-state index in [9.17, 15) is 14.9 Å². The van der Waals surface area contributed by atoms with E-state index < -0.39 is 4.92 Å². The number of nitrogens with two attached hydrogens (primary N) is 1. The number of furan rings is 1. The largest absolute Gasteiger partial charge is 0.455 e. The molecule has 0 aliphatic heterocycles. The monoisotopic (exact) mass is 350 g/mol. The number of carbonyl (C=O) groups excluding carboxylic acids is 1. The van der Waals surface area contributed by atoms with Crippen molar-refractivity contribution in [3.05, 3.63) is 82.1 Å². The van der Waals surface area contributed by atoms with E-state index in [0.717, 1.165) is 0 Å². The van der Waals surface area contributed by atoms with Crippen molar-refractivity contribution < 1.29 is 14.1 Å². The topological polar surface area (TPSA) is 124 Å². The van der Waals surface area contributed by atoms with Gasteiger partial charge in [0.2, 0.25) is 0 Å². The number of hydrogen-bond acceptors (Lipinski definition) is 6. The molecule has 3 N–H and O–H groups in total. The highest BCUT2D eigenvalue weighted by molar-refractivity contribution is 5.95. The van der Waals surface area contributed by atoms with Gasteiger partial charge in [0, 0.05) is 28.9 Å². The summed E-state index contributed by atoms with van der Waals surface area (Å²) in [5, 5.41) is 14.5. The number of benzene rings is 2. The van der Waals surface area contributed by atoms with Crippen LogP contribution in [0.1, 0.15) is 16.1 Å². The van der Waals surface area contributed by atoms with Gasteiger partial charge in [-0.25, -0.2) is 5.43 Å². The Kier molecular flexibility index (Phi) is 4.75. The maximum Gasteiger partial charge on any atom is 0.271 e. The molecular weight excluding hydrogens is 336 g/mol. The zero-order chi connectivity index (χ0) is 18.5. The number of non-ortho nitro benzene ring substituents is 1. The number of nitro groups is 1. The summed E-state index contributed by atoms with van der Waals surface area (Å²) in [6.45, 7) is 0.